The molecule has 1 aromatic heterocycles. The molecule has 1 aromatic carbocycles. The number of benzene rings is 1. The maximum atomic E-state index is 12.2. The van der Waals surface area contributed by atoms with Crippen molar-refractivity contribution < 1.29 is 4.79 Å². The van der Waals surface area contributed by atoms with Crippen molar-refractivity contribution in [3.63, 3.8) is 0 Å². The van der Waals surface area contributed by atoms with Gasteiger partial charge in [-0.2, -0.15) is 0 Å². The Balaban J connectivity index is 1.69. The van der Waals surface area contributed by atoms with Crippen LogP contribution in [-0.2, 0) is 6.42 Å². The first-order valence-corrected chi connectivity index (χ1v) is 7.75. The summed E-state index contributed by atoms with van der Waals surface area (Å²) in [5.74, 6) is -0.160. The van der Waals surface area contributed by atoms with Crippen LogP contribution in [0.15, 0.2) is 47.1 Å². The molecule has 1 unspecified atom stereocenters. The Kier molecular flexibility index (Phi) is 4.31. The standard InChI is InChI=1S/C16H16BrN3O/c17-13-6-3-8-19-15(13)16(21)20-10-14-12-5-2-1-4-11(12)7-9-18-14/h1-6,8,14,18H,7,9-10H2,(H,20,21). The Morgan fingerprint density at radius 2 is 2.19 bits per heavy atom. The SMILES string of the molecule is O=C(NCC1NCCc2ccccc21)c1ncccc1Br. The summed E-state index contributed by atoms with van der Waals surface area (Å²) in [7, 11) is 0. The number of nitrogens with one attached hydrogen (secondary N) is 2. The van der Waals surface area contributed by atoms with Crippen LogP contribution in [0.4, 0.5) is 0 Å². The van der Waals surface area contributed by atoms with E-state index < -0.39 is 0 Å². The first-order chi connectivity index (χ1) is 10.3. The minimum atomic E-state index is -0.160. The summed E-state index contributed by atoms with van der Waals surface area (Å²) in [6, 6.07) is 12.1. The summed E-state index contributed by atoms with van der Waals surface area (Å²) in [6.45, 7) is 1.49. The van der Waals surface area contributed by atoms with E-state index in [2.05, 4.69) is 49.7 Å². The number of hydrogen-bond donors (Lipinski definition) is 2. The lowest BCUT2D eigenvalue weighted by Crippen LogP contribution is -2.39. The van der Waals surface area contributed by atoms with Gasteiger partial charge in [0.25, 0.3) is 5.91 Å². The highest BCUT2D eigenvalue weighted by Crippen LogP contribution is 2.22. The lowest BCUT2D eigenvalue weighted by molar-refractivity contribution is 0.0943. The molecule has 3 rings (SSSR count). The fourth-order valence-electron chi connectivity index (χ4n) is 2.61. The van der Waals surface area contributed by atoms with Gasteiger partial charge in [-0.05, 0) is 52.2 Å². The molecule has 2 N–H and O–H groups in total. The lowest BCUT2D eigenvalue weighted by atomic mass is 9.94. The number of rotatable bonds is 3. The van der Waals surface area contributed by atoms with E-state index in [1.165, 1.54) is 11.1 Å². The molecule has 0 radical (unpaired) electrons. The van der Waals surface area contributed by atoms with Crippen LogP contribution < -0.4 is 10.6 Å². The second kappa shape index (κ2) is 6.37. The third kappa shape index (κ3) is 3.14. The van der Waals surface area contributed by atoms with E-state index in [0.717, 1.165) is 13.0 Å². The molecule has 0 saturated heterocycles. The molecule has 0 fully saturated rings. The zero-order valence-electron chi connectivity index (χ0n) is 11.5. The van der Waals surface area contributed by atoms with Crippen molar-refractivity contribution in [1.82, 2.24) is 15.6 Å². The number of nitrogens with zero attached hydrogens (tertiary/aromatic N) is 1. The van der Waals surface area contributed by atoms with Crippen LogP contribution in [0.2, 0.25) is 0 Å². The van der Waals surface area contributed by atoms with Crippen molar-refractivity contribution in [3.8, 4) is 0 Å². The van der Waals surface area contributed by atoms with E-state index in [-0.39, 0.29) is 11.9 Å². The van der Waals surface area contributed by atoms with Crippen molar-refractivity contribution >= 4 is 21.8 Å². The molecular formula is C16H16BrN3O. The normalized spacial score (nSPS) is 17.1. The van der Waals surface area contributed by atoms with Crippen LogP contribution >= 0.6 is 15.9 Å². The summed E-state index contributed by atoms with van der Waals surface area (Å²) < 4.78 is 0.708. The fourth-order valence-corrected chi connectivity index (χ4v) is 3.04. The highest BCUT2D eigenvalue weighted by Gasteiger charge is 2.20. The third-order valence-corrected chi connectivity index (χ3v) is 4.30. The van der Waals surface area contributed by atoms with Gasteiger partial charge in [0.15, 0.2) is 0 Å². The van der Waals surface area contributed by atoms with Crippen molar-refractivity contribution in [2.24, 2.45) is 0 Å². The van der Waals surface area contributed by atoms with Gasteiger partial charge in [-0.1, -0.05) is 24.3 Å². The molecule has 108 valence electrons. The molecule has 2 aromatic rings. The topological polar surface area (TPSA) is 54.0 Å². The smallest absolute Gasteiger partial charge is 0.271 e. The van der Waals surface area contributed by atoms with Crippen molar-refractivity contribution in [3.05, 3.63) is 63.9 Å². The number of halogens is 1. The number of hydrogen-bond acceptors (Lipinski definition) is 3. The molecule has 1 aliphatic heterocycles. The van der Waals surface area contributed by atoms with Crippen molar-refractivity contribution in [1.29, 1.82) is 0 Å². The summed E-state index contributed by atoms with van der Waals surface area (Å²) >= 11 is 3.35. The maximum Gasteiger partial charge on any atom is 0.271 e. The summed E-state index contributed by atoms with van der Waals surface area (Å²) in [6.07, 6.45) is 2.65. The number of fused-ring (bicyclic) bond motifs is 1. The maximum absolute atomic E-state index is 12.2. The molecular weight excluding hydrogens is 330 g/mol. The van der Waals surface area contributed by atoms with Crippen LogP contribution in [0, 0.1) is 0 Å². The first kappa shape index (κ1) is 14.2. The number of amides is 1. The van der Waals surface area contributed by atoms with Gasteiger partial charge in [0.05, 0.1) is 0 Å². The fraction of sp³-hybridized carbons (Fsp3) is 0.250. The van der Waals surface area contributed by atoms with Crippen molar-refractivity contribution in [2.45, 2.75) is 12.5 Å². The number of carbonyl (C=O) groups excluding carboxylic acids is 1. The van der Waals surface area contributed by atoms with Crippen molar-refractivity contribution in [2.75, 3.05) is 13.1 Å². The molecule has 4 nitrogen and oxygen atoms in total. The number of pyridine rings is 1. The second-order valence-corrected chi connectivity index (χ2v) is 5.85. The summed E-state index contributed by atoms with van der Waals surface area (Å²) in [4.78, 5) is 16.3. The van der Waals surface area contributed by atoms with Crippen LogP contribution in [0.3, 0.4) is 0 Å². The molecule has 2 heterocycles. The molecule has 0 bridgehead atoms. The minimum absolute atomic E-state index is 0.154. The Bertz CT molecular complexity index is 659. The Hall–Kier alpha value is -1.72. The Morgan fingerprint density at radius 3 is 3.05 bits per heavy atom. The van der Waals surface area contributed by atoms with Gasteiger partial charge in [-0.25, -0.2) is 4.98 Å². The zero-order chi connectivity index (χ0) is 14.7. The van der Waals surface area contributed by atoms with E-state index in [1.54, 1.807) is 12.3 Å². The monoisotopic (exact) mass is 345 g/mol. The number of carbonyl (C=O) groups is 1. The average Bonchev–Trinajstić information content (AvgIpc) is 2.53. The number of aromatic nitrogens is 1. The van der Waals surface area contributed by atoms with Gasteiger partial charge in [0.1, 0.15) is 5.69 Å². The van der Waals surface area contributed by atoms with Gasteiger partial charge < -0.3 is 10.6 Å². The van der Waals surface area contributed by atoms with Crippen LogP contribution in [0.1, 0.15) is 27.7 Å². The highest BCUT2D eigenvalue weighted by molar-refractivity contribution is 9.10. The van der Waals surface area contributed by atoms with Crippen LogP contribution in [-0.4, -0.2) is 24.0 Å². The van der Waals surface area contributed by atoms with E-state index in [9.17, 15) is 4.79 Å². The van der Waals surface area contributed by atoms with Gasteiger partial charge in [0, 0.05) is 23.3 Å². The molecule has 5 heteroatoms. The molecule has 0 aliphatic carbocycles. The quantitative estimate of drug-likeness (QED) is 0.898. The molecule has 21 heavy (non-hydrogen) atoms. The molecule has 1 amide bonds. The van der Waals surface area contributed by atoms with Gasteiger partial charge >= 0.3 is 0 Å². The van der Waals surface area contributed by atoms with Gasteiger partial charge in [-0.3, -0.25) is 4.79 Å². The first-order valence-electron chi connectivity index (χ1n) is 6.95. The molecule has 0 saturated carbocycles. The summed E-state index contributed by atoms with van der Waals surface area (Å²) in [5, 5.41) is 6.41. The molecule has 0 spiro atoms. The van der Waals surface area contributed by atoms with E-state index in [0.29, 0.717) is 16.7 Å². The predicted molar refractivity (Wildman–Crippen MR) is 85.2 cm³/mol. The van der Waals surface area contributed by atoms with Crippen LogP contribution in [0.25, 0.3) is 0 Å². The summed E-state index contributed by atoms with van der Waals surface area (Å²) in [5.41, 5.74) is 3.04. The average molecular weight is 346 g/mol. The van der Waals surface area contributed by atoms with Crippen LogP contribution in [0.5, 0.6) is 0 Å². The second-order valence-electron chi connectivity index (χ2n) is 5.00. The predicted octanol–water partition coefficient (Wildman–Crippen LogP) is 2.46. The minimum Gasteiger partial charge on any atom is -0.349 e. The van der Waals surface area contributed by atoms with E-state index >= 15 is 0 Å². The molecule has 1 atom stereocenters. The lowest BCUT2D eigenvalue weighted by Gasteiger charge is -2.27. The zero-order valence-corrected chi connectivity index (χ0v) is 13.1. The van der Waals surface area contributed by atoms with E-state index in [4.69, 9.17) is 0 Å². The molecule has 1 aliphatic rings. The Morgan fingerprint density at radius 1 is 1.33 bits per heavy atom. The van der Waals surface area contributed by atoms with Gasteiger partial charge in [-0.15, -0.1) is 0 Å². The largest absolute Gasteiger partial charge is 0.349 e. The highest BCUT2D eigenvalue weighted by atomic mass is 79.9. The Labute approximate surface area is 132 Å². The third-order valence-electron chi connectivity index (χ3n) is 3.66. The van der Waals surface area contributed by atoms with Gasteiger partial charge in [0.2, 0.25) is 0 Å². The van der Waals surface area contributed by atoms with E-state index in [1.807, 2.05) is 12.1 Å².